The van der Waals surface area contributed by atoms with E-state index in [1.165, 1.54) is 24.9 Å². The first-order valence-electron chi connectivity index (χ1n) is 8.35. The molecule has 0 aliphatic carbocycles. The zero-order chi connectivity index (χ0) is 20.7. The average molecular weight is 395 g/mol. The van der Waals surface area contributed by atoms with E-state index in [1.807, 2.05) is 6.07 Å². The summed E-state index contributed by atoms with van der Waals surface area (Å²) in [6.07, 6.45) is -4.70. The van der Waals surface area contributed by atoms with Gasteiger partial charge in [-0.25, -0.2) is 4.79 Å². The second-order valence-electron chi connectivity index (χ2n) is 5.95. The molecule has 0 atom stereocenters. The van der Waals surface area contributed by atoms with E-state index < -0.39 is 29.4 Å². The van der Waals surface area contributed by atoms with Gasteiger partial charge in [0.2, 0.25) is 5.91 Å². The van der Waals surface area contributed by atoms with Crippen molar-refractivity contribution >= 4 is 23.3 Å². The topological polar surface area (TPSA) is 70.7 Å². The summed E-state index contributed by atoms with van der Waals surface area (Å²) in [4.78, 5) is 24.5. The Balaban J connectivity index is 2.02. The van der Waals surface area contributed by atoms with Gasteiger partial charge in [0.05, 0.1) is 17.8 Å². The Morgan fingerprint density at radius 3 is 2.36 bits per heavy atom. The standard InChI is InChI=1S/C19H20F3N3O3/c1-13(26)23-14-8-9-17(16(12-14)19(20,21)22)24-18(27)25(2)10-11-28-15-6-4-3-5-7-15/h3-9,12H,10-11H2,1-2H3,(H,23,26)(H,24,27). The van der Waals surface area contributed by atoms with Gasteiger partial charge in [-0.2, -0.15) is 13.2 Å². The molecule has 9 heteroatoms. The highest BCUT2D eigenvalue weighted by atomic mass is 19.4. The maximum absolute atomic E-state index is 13.3. The van der Waals surface area contributed by atoms with Crippen LogP contribution in [0.15, 0.2) is 48.5 Å². The summed E-state index contributed by atoms with van der Waals surface area (Å²) in [6, 6.07) is 11.4. The fourth-order valence-electron chi connectivity index (χ4n) is 2.30. The van der Waals surface area contributed by atoms with Crippen molar-refractivity contribution < 1.29 is 27.5 Å². The molecule has 150 valence electrons. The fraction of sp³-hybridized carbons (Fsp3) is 0.263. The van der Waals surface area contributed by atoms with Crippen molar-refractivity contribution in [1.82, 2.24) is 4.90 Å². The monoisotopic (exact) mass is 395 g/mol. The lowest BCUT2D eigenvalue weighted by atomic mass is 10.1. The predicted molar refractivity (Wildman–Crippen MR) is 99.3 cm³/mol. The number of carbonyl (C=O) groups excluding carboxylic acids is 2. The second-order valence-corrected chi connectivity index (χ2v) is 5.95. The van der Waals surface area contributed by atoms with E-state index in [0.717, 1.165) is 12.1 Å². The van der Waals surface area contributed by atoms with Crippen molar-refractivity contribution in [2.75, 3.05) is 30.8 Å². The smallest absolute Gasteiger partial charge is 0.418 e. The van der Waals surface area contributed by atoms with Crippen molar-refractivity contribution in [2.45, 2.75) is 13.1 Å². The molecular formula is C19H20F3N3O3. The molecule has 0 unspecified atom stereocenters. The highest BCUT2D eigenvalue weighted by molar-refractivity contribution is 5.92. The Morgan fingerprint density at radius 2 is 1.75 bits per heavy atom. The van der Waals surface area contributed by atoms with Crippen LogP contribution in [-0.4, -0.2) is 37.0 Å². The summed E-state index contributed by atoms with van der Waals surface area (Å²) in [5.74, 6) is 0.132. The molecule has 0 aliphatic heterocycles. The molecule has 0 fully saturated rings. The summed E-state index contributed by atoms with van der Waals surface area (Å²) >= 11 is 0. The first kappa shape index (κ1) is 21.1. The van der Waals surface area contributed by atoms with Crippen LogP contribution in [0.3, 0.4) is 0 Å². The molecule has 0 saturated heterocycles. The zero-order valence-corrected chi connectivity index (χ0v) is 15.3. The van der Waals surface area contributed by atoms with Gasteiger partial charge >= 0.3 is 12.2 Å². The van der Waals surface area contributed by atoms with Crippen LogP contribution in [0, 0.1) is 0 Å². The first-order valence-corrected chi connectivity index (χ1v) is 8.35. The van der Waals surface area contributed by atoms with Gasteiger partial charge in [-0.1, -0.05) is 18.2 Å². The number of likely N-dealkylation sites (N-methyl/N-ethyl adjacent to an activating group) is 1. The maximum Gasteiger partial charge on any atom is 0.418 e. The lowest BCUT2D eigenvalue weighted by Gasteiger charge is -2.20. The van der Waals surface area contributed by atoms with Crippen LogP contribution in [0.1, 0.15) is 12.5 Å². The van der Waals surface area contributed by atoms with Crippen LogP contribution < -0.4 is 15.4 Å². The minimum absolute atomic E-state index is 0.0116. The summed E-state index contributed by atoms with van der Waals surface area (Å²) in [5, 5.41) is 4.53. The van der Waals surface area contributed by atoms with E-state index in [0.29, 0.717) is 5.75 Å². The molecule has 2 N–H and O–H groups in total. The SMILES string of the molecule is CC(=O)Nc1ccc(NC(=O)N(C)CCOc2ccccc2)c(C(F)(F)F)c1. The van der Waals surface area contributed by atoms with Crippen molar-refractivity contribution in [3.8, 4) is 5.75 Å². The Labute approximate surface area is 160 Å². The van der Waals surface area contributed by atoms with Crippen LogP contribution in [-0.2, 0) is 11.0 Å². The zero-order valence-electron chi connectivity index (χ0n) is 15.3. The van der Waals surface area contributed by atoms with E-state index >= 15 is 0 Å². The number of ether oxygens (including phenoxy) is 1. The molecule has 6 nitrogen and oxygen atoms in total. The first-order chi connectivity index (χ1) is 13.2. The average Bonchev–Trinajstić information content (AvgIpc) is 2.62. The Kier molecular flexibility index (Phi) is 6.86. The van der Waals surface area contributed by atoms with Crippen LogP contribution >= 0.6 is 0 Å². The number of nitrogens with one attached hydrogen (secondary N) is 2. The predicted octanol–water partition coefficient (Wildman–Crippen LogP) is 4.21. The van der Waals surface area contributed by atoms with Crippen molar-refractivity contribution in [3.05, 3.63) is 54.1 Å². The number of alkyl halides is 3. The molecule has 0 spiro atoms. The highest BCUT2D eigenvalue weighted by Gasteiger charge is 2.34. The quantitative estimate of drug-likeness (QED) is 0.770. The summed E-state index contributed by atoms with van der Waals surface area (Å²) in [6.45, 7) is 1.54. The van der Waals surface area contributed by atoms with Gasteiger partial charge in [0.25, 0.3) is 0 Å². The molecular weight excluding hydrogens is 375 g/mol. The summed E-state index contributed by atoms with van der Waals surface area (Å²) in [5.41, 5.74) is -1.47. The number of hydrogen-bond acceptors (Lipinski definition) is 3. The minimum atomic E-state index is -4.70. The third-order valence-electron chi connectivity index (χ3n) is 3.67. The molecule has 2 aromatic rings. The van der Waals surface area contributed by atoms with Gasteiger partial charge in [0.1, 0.15) is 12.4 Å². The number of urea groups is 1. The molecule has 3 amide bonds. The summed E-state index contributed by atoms with van der Waals surface area (Å²) in [7, 11) is 1.45. The number of para-hydroxylation sites is 1. The van der Waals surface area contributed by atoms with Crippen LogP contribution in [0.2, 0.25) is 0 Å². The van der Waals surface area contributed by atoms with E-state index in [2.05, 4.69) is 10.6 Å². The van der Waals surface area contributed by atoms with E-state index in [4.69, 9.17) is 4.74 Å². The third-order valence-corrected chi connectivity index (χ3v) is 3.67. The van der Waals surface area contributed by atoms with E-state index in [-0.39, 0.29) is 18.8 Å². The molecule has 0 bridgehead atoms. The van der Waals surface area contributed by atoms with Gasteiger partial charge in [0, 0.05) is 19.7 Å². The van der Waals surface area contributed by atoms with Crippen molar-refractivity contribution in [2.24, 2.45) is 0 Å². The van der Waals surface area contributed by atoms with Gasteiger partial charge in [-0.15, -0.1) is 0 Å². The van der Waals surface area contributed by atoms with Crippen molar-refractivity contribution in [1.29, 1.82) is 0 Å². The number of benzene rings is 2. The van der Waals surface area contributed by atoms with Gasteiger partial charge in [-0.3, -0.25) is 4.79 Å². The maximum atomic E-state index is 13.3. The number of hydrogen-bond donors (Lipinski definition) is 2. The summed E-state index contributed by atoms with van der Waals surface area (Å²) < 4.78 is 45.4. The molecule has 28 heavy (non-hydrogen) atoms. The van der Waals surface area contributed by atoms with Gasteiger partial charge in [0.15, 0.2) is 0 Å². The number of carbonyl (C=O) groups is 2. The largest absolute Gasteiger partial charge is 0.492 e. The number of rotatable bonds is 6. The van der Waals surface area contributed by atoms with Crippen molar-refractivity contribution in [3.63, 3.8) is 0 Å². The third kappa shape index (κ3) is 6.19. The Hall–Kier alpha value is -3.23. The fourth-order valence-corrected chi connectivity index (χ4v) is 2.30. The Morgan fingerprint density at radius 1 is 1.07 bits per heavy atom. The van der Waals surface area contributed by atoms with E-state index in [1.54, 1.807) is 24.3 Å². The molecule has 2 aromatic carbocycles. The highest BCUT2D eigenvalue weighted by Crippen LogP contribution is 2.36. The molecule has 0 saturated carbocycles. The minimum Gasteiger partial charge on any atom is -0.492 e. The van der Waals surface area contributed by atoms with Gasteiger partial charge in [-0.05, 0) is 30.3 Å². The number of halogens is 3. The lowest BCUT2D eigenvalue weighted by molar-refractivity contribution is -0.137. The van der Waals surface area contributed by atoms with E-state index in [9.17, 15) is 22.8 Å². The molecule has 0 heterocycles. The van der Waals surface area contributed by atoms with Crippen LogP contribution in [0.4, 0.5) is 29.3 Å². The van der Waals surface area contributed by atoms with Gasteiger partial charge < -0.3 is 20.3 Å². The van der Waals surface area contributed by atoms with Crippen LogP contribution in [0.5, 0.6) is 5.75 Å². The second kappa shape index (κ2) is 9.12. The Bertz CT molecular complexity index is 826. The molecule has 0 aliphatic rings. The number of nitrogens with zero attached hydrogens (tertiary/aromatic N) is 1. The normalized spacial score (nSPS) is 10.9. The molecule has 0 radical (unpaired) electrons. The molecule has 2 rings (SSSR count). The molecule has 0 aromatic heterocycles. The number of amides is 3. The lowest BCUT2D eigenvalue weighted by Crippen LogP contribution is -2.35. The van der Waals surface area contributed by atoms with Crippen LogP contribution in [0.25, 0.3) is 0 Å². The number of anilines is 2.